The SMILES string of the molecule is O=C1c2cc(N3CCN(C(c4ccccc4)(c4ccccc4)c4ccccc4)CC3)ccc2CN1C1CCCCC1. The van der Waals surface area contributed by atoms with Gasteiger partial charge in [-0.3, -0.25) is 9.69 Å². The van der Waals surface area contributed by atoms with Crippen molar-refractivity contribution >= 4 is 11.6 Å². The van der Waals surface area contributed by atoms with Gasteiger partial charge < -0.3 is 9.80 Å². The van der Waals surface area contributed by atoms with Crippen LogP contribution in [0.2, 0.25) is 0 Å². The largest absolute Gasteiger partial charge is 0.369 e. The van der Waals surface area contributed by atoms with Crippen molar-refractivity contribution in [3.63, 3.8) is 0 Å². The topological polar surface area (TPSA) is 26.8 Å². The maximum atomic E-state index is 13.5. The van der Waals surface area contributed by atoms with Crippen LogP contribution >= 0.6 is 0 Å². The molecule has 2 fully saturated rings. The van der Waals surface area contributed by atoms with Gasteiger partial charge >= 0.3 is 0 Å². The van der Waals surface area contributed by atoms with Crippen LogP contribution in [0.25, 0.3) is 0 Å². The highest BCUT2D eigenvalue weighted by atomic mass is 16.2. The van der Waals surface area contributed by atoms with E-state index in [-0.39, 0.29) is 11.4 Å². The predicted molar refractivity (Wildman–Crippen MR) is 166 cm³/mol. The third kappa shape index (κ3) is 4.64. The third-order valence-corrected chi connectivity index (χ3v) is 9.63. The van der Waals surface area contributed by atoms with E-state index in [1.165, 1.54) is 47.2 Å². The van der Waals surface area contributed by atoms with Crippen molar-refractivity contribution in [1.29, 1.82) is 0 Å². The molecular formula is C37H39N3O. The Morgan fingerprint density at radius 1 is 0.610 bits per heavy atom. The Balaban J connectivity index is 1.18. The molecule has 208 valence electrons. The zero-order chi connectivity index (χ0) is 27.6. The molecule has 4 heteroatoms. The van der Waals surface area contributed by atoms with E-state index in [2.05, 4.69) is 124 Å². The van der Waals surface area contributed by atoms with E-state index in [9.17, 15) is 4.79 Å². The summed E-state index contributed by atoms with van der Waals surface area (Å²) < 4.78 is 0. The van der Waals surface area contributed by atoms with Crippen LogP contribution in [0.15, 0.2) is 109 Å². The van der Waals surface area contributed by atoms with Crippen LogP contribution < -0.4 is 4.90 Å². The summed E-state index contributed by atoms with van der Waals surface area (Å²) in [6.07, 6.45) is 6.11. The van der Waals surface area contributed by atoms with Gasteiger partial charge in [0.1, 0.15) is 0 Å². The number of carbonyl (C=O) groups excluding carboxylic acids is 1. The van der Waals surface area contributed by atoms with E-state index in [1.54, 1.807) is 0 Å². The van der Waals surface area contributed by atoms with Crippen molar-refractivity contribution in [1.82, 2.24) is 9.80 Å². The van der Waals surface area contributed by atoms with E-state index < -0.39 is 0 Å². The van der Waals surface area contributed by atoms with Gasteiger partial charge in [0.15, 0.2) is 0 Å². The molecule has 0 unspecified atom stereocenters. The summed E-state index contributed by atoms with van der Waals surface area (Å²) in [5.74, 6) is 0.239. The van der Waals surface area contributed by atoms with Gasteiger partial charge in [0.25, 0.3) is 5.91 Å². The van der Waals surface area contributed by atoms with Gasteiger partial charge in [-0.05, 0) is 47.2 Å². The van der Waals surface area contributed by atoms with Crippen LogP contribution in [0.1, 0.15) is 64.7 Å². The lowest BCUT2D eigenvalue weighted by atomic mass is 9.75. The quantitative estimate of drug-likeness (QED) is 0.244. The van der Waals surface area contributed by atoms with E-state index in [0.29, 0.717) is 6.04 Å². The maximum Gasteiger partial charge on any atom is 0.254 e. The Labute approximate surface area is 244 Å². The van der Waals surface area contributed by atoms with Crippen molar-refractivity contribution < 1.29 is 4.79 Å². The first-order chi connectivity index (χ1) is 20.2. The Hall–Kier alpha value is -3.89. The number of rotatable bonds is 6. The number of carbonyl (C=O) groups is 1. The van der Waals surface area contributed by atoms with E-state index in [1.807, 2.05) is 0 Å². The monoisotopic (exact) mass is 541 g/mol. The lowest BCUT2D eigenvalue weighted by molar-refractivity contribution is 0.0660. The number of piperazine rings is 1. The molecule has 2 aliphatic heterocycles. The fourth-order valence-corrected chi connectivity index (χ4v) is 7.58. The fourth-order valence-electron chi connectivity index (χ4n) is 7.58. The first-order valence-electron chi connectivity index (χ1n) is 15.4. The van der Waals surface area contributed by atoms with Crippen LogP contribution in [-0.2, 0) is 12.1 Å². The number of amides is 1. The van der Waals surface area contributed by atoms with Crippen molar-refractivity contribution in [3.8, 4) is 0 Å². The van der Waals surface area contributed by atoms with E-state index >= 15 is 0 Å². The van der Waals surface area contributed by atoms with Crippen molar-refractivity contribution in [2.24, 2.45) is 0 Å². The fraction of sp³-hybridized carbons (Fsp3) is 0.324. The lowest BCUT2D eigenvalue weighted by Gasteiger charge is -2.49. The zero-order valence-corrected chi connectivity index (χ0v) is 23.8. The minimum atomic E-state index is -0.385. The van der Waals surface area contributed by atoms with Gasteiger partial charge in [-0.2, -0.15) is 0 Å². The normalized spacial score (nSPS) is 18.5. The molecule has 1 amide bonds. The smallest absolute Gasteiger partial charge is 0.254 e. The molecule has 0 atom stereocenters. The number of hydrogen-bond donors (Lipinski definition) is 0. The number of anilines is 1. The van der Waals surface area contributed by atoms with Crippen LogP contribution in [0.4, 0.5) is 5.69 Å². The molecule has 1 saturated heterocycles. The zero-order valence-electron chi connectivity index (χ0n) is 23.8. The third-order valence-electron chi connectivity index (χ3n) is 9.63. The molecule has 0 radical (unpaired) electrons. The minimum absolute atomic E-state index is 0.239. The maximum absolute atomic E-state index is 13.5. The van der Waals surface area contributed by atoms with E-state index in [4.69, 9.17) is 0 Å². The summed E-state index contributed by atoms with van der Waals surface area (Å²) in [5.41, 5.74) is 6.77. The highest BCUT2D eigenvalue weighted by Crippen LogP contribution is 2.43. The highest BCUT2D eigenvalue weighted by molar-refractivity contribution is 5.99. The molecule has 2 heterocycles. The van der Waals surface area contributed by atoms with Crippen LogP contribution in [0.5, 0.6) is 0 Å². The summed E-state index contributed by atoms with van der Waals surface area (Å²) in [7, 11) is 0. The second-order valence-corrected chi connectivity index (χ2v) is 11.8. The van der Waals surface area contributed by atoms with E-state index in [0.717, 1.165) is 51.1 Å². The Morgan fingerprint density at radius 3 is 1.68 bits per heavy atom. The number of benzene rings is 4. The summed E-state index contributed by atoms with van der Waals surface area (Å²) in [4.78, 5) is 20.8. The van der Waals surface area contributed by atoms with Crippen molar-refractivity contribution in [2.75, 3.05) is 31.1 Å². The molecule has 1 saturated carbocycles. The summed E-state index contributed by atoms with van der Waals surface area (Å²) in [6.45, 7) is 4.43. The first kappa shape index (κ1) is 26.0. The lowest BCUT2D eigenvalue weighted by Crippen LogP contribution is -2.56. The van der Waals surface area contributed by atoms with Crippen LogP contribution in [-0.4, -0.2) is 47.9 Å². The predicted octanol–water partition coefficient (Wildman–Crippen LogP) is 7.09. The summed E-state index contributed by atoms with van der Waals surface area (Å²) >= 11 is 0. The van der Waals surface area contributed by atoms with Crippen molar-refractivity contribution in [3.05, 3.63) is 137 Å². The van der Waals surface area contributed by atoms with Gasteiger partial charge in [-0.1, -0.05) is 116 Å². The standard InChI is InChI=1S/C37H39N3O/c41-36-35-27-34(22-21-29(35)28-40(36)33-19-11-4-12-20-33)38-23-25-39(26-24-38)37(30-13-5-1-6-14-30,31-15-7-2-8-16-31)32-17-9-3-10-18-32/h1-3,5-10,13-18,21-22,27,33H,4,11-12,19-20,23-26,28H2. The number of fused-ring (bicyclic) bond motifs is 1. The molecule has 7 rings (SSSR count). The molecule has 0 spiro atoms. The van der Waals surface area contributed by atoms with Gasteiger partial charge in [-0.15, -0.1) is 0 Å². The Kier molecular flexibility index (Phi) is 7.10. The number of nitrogens with zero attached hydrogens (tertiary/aromatic N) is 3. The molecule has 0 N–H and O–H groups in total. The second-order valence-electron chi connectivity index (χ2n) is 11.8. The summed E-state index contributed by atoms with van der Waals surface area (Å²) in [6, 6.07) is 39.9. The molecule has 1 aliphatic carbocycles. The molecule has 41 heavy (non-hydrogen) atoms. The molecular weight excluding hydrogens is 502 g/mol. The second kappa shape index (κ2) is 11.2. The van der Waals surface area contributed by atoms with Gasteiger partial charge in [-0.25, -0.2) is 0 Å². The molecule has 0 bridgehead atoms. The van der Waals surface area contributed by atoms with Crippen LogP contribution in [0.3, 0.4) is 0 Å². The Morgan fingerprint density at radius 2 is 1.15 bits per heavy atom. The minimum Gasteiger partial charge on any atom is -0.369 e. The molecule has 3 aliphatic rings. The van der Waals surface area contributed by atoms with Crippen molar-refractivity contribution in [2.45, 2.75) is 50.2 Å². The average Bonchev–Trinajstić information content (AvgIpc) is 3.39. The average molecular weight is 542 g/mol. The Bertz CT molecular complexity index is 1380. The van der Waals surface area contributed by atoms with Gasteiger partial charge in [0.05, 0.1) is 5.54 Å². The molecule has 4 aromatic rings. The summed E-state index contributed by atoms with van der Waals surface area (Å²) in [5, 5.41) is 0. The van der Waals surface area contributed by atoms with Gasteiger partial charge in [0, 0.05) is 50.0 Å². The molecule has 4 aromatic carbocycles. The first-order valence-corrected chi connectivity index (χ1v) is 15.4. The molecule has 4 nitrogen and oxygen atoms in total. The van der Waals surface area contributed by atoms with Gasteiger partial charge in [0.2, 0.25) is 0 Å². The highest BCUT2D eigenvalue weighted by Gasteiger charge is 2.43. The number of hydrogen-bond acceptors (Lipinski definition) is 3. The molecule has 0 aromatic heterocycles. The van der Waals surface area contributed by atoms with Crippen LogP contribution in [0, 0.1) is 0 Å².